The number of nitrogens with one attached hydrogen (secondary N) is 1. The second-order valence-electron chi connectivity index (χ2n) is 6.81. The number of nitrogens with zero attached hydrogens (tertiary/aromatic N) is 1. The summed E-state index contributed by atoms with van der Waals surface area (Å²) in [6, 6.07) is 8.23. The Labute approximate surface area is 140 Å². The number of piperidine rings is 1. The van der Waals surface area contributed by atoms with E-state index in [-0.39, 0.29) is 17.9 Å². The first-order valence-electron chi connectivity index (χ1n) is 8.76. The van der Waals surface area contributed by atoms with E-state index in [1.54, 1.807) is 0 Å². The minimum atomic E-state index is 0.163. The van der Waals surface area contributed by atoms with Crippen LogP contribution in [0.3, 0.4) is 0 Å². The predicted octanol–water partition coefficient (Wildman–Crippen LogP) is 2.86. The summed E-state index contributed by atoms with van der Waals surface area (Å²) < 4.78 is 5.71. The second kappa shape index (κ2) is 8.92. The predicted molar refractivity (Wildman–Crippen MR) is 93.8 cm³/mol. The molecule has 0 aromatic heterocycles. The lowest BCUT2D eigenvalue weighted by atomic mass is 9.97. The van der Waals surface area contributed by atoms with E-state index < -0.39 is 0 Å². The summed E-state index contributed by atoms with van der Waals surface area (Å²) in [7, 11) is 2.09. The number of rotatable bonds is 7. The molecule has 23 heavy (non-hydrogen) atoms. The highest BCUT2D eigenvalue weighted by atomic mass is 16.5. The van der Waals surface area contributed by atoms with Gasteiger partial charge in [-0.2, -0.15) is 0 Å². The first kappa shape index (κ1) is 17.8. The average molecular weight is 318 g/mol. The molecule has 1 fully saturated rings. The Morgan fingerprint density at radius 1 is 1.43 bits per heavy atom. The molecule has 0 spiro atoms. The monoisotopic (exact) mass is 318 g/mol. The van der Waals surface area contributed by atoms with Gasteiger partial charge in [0.25, 0.3) is 0 Å². The maximum absolute atomic E-state index is 12.2. The van der Waals surface area contributed by atoms with Gasteiger partial charge in [-0.1, -0.05) is 12.1 Å². The van der Waals surface area contributed by atoms with Crippen molar-refractivity contribution < 1.29 is 9.53 Å². The molecule has 0 saturated carbocycles. The molecule has 0 radical (unpaired) electrons. The molecule has 0 aliphatic carbocycles. The Morgan fingerprint density at radius 3 is 3.00 bits per heavy atom. The number of aryl methyl sites for hydroxylation is 1. The summed E-state index contributed by atoms with van der Waals surface area (Å²) in [5.41, 5.74) is 1.26. The minimum absolute atomic E-state index is 0.163. The number of likely N-dealkylation sites (tertiary alicyclic amines) is 1. The lowest BCUT2D eigenvalue weighted by Gasteiger charge is -2.28. The third-order valence-electron chi connectivity index (χ3n) is 4.21. The molecule has 1 atom stereocenters. The van der Waals surface area contributed by atoms with Gasteiger partial charge in [0.1, 0.15) is 5.75 Å². The summed E-state index contributed by atoms with van der Waals surface area (Å²) in [5, 5.41) is 3.09. The van der Waals surface area contributed by atoms with Crippen LogP contribution in [0.25, 0.3) is 0 Å². The maximum atomic E-state index is 12.2. The summed E-state index contributed by atoms with van der Waals surface area (Å²) >= 11 is 0. The van der Waals surface area contributed by atoms with Crippen LogP contribution in [-0.2, 0) is 11.2 Å². The second-order valence-corrected chi connectivity index (χ2v) is 6.81. The van der Waals surface area contributed by atoms with Crippen LogP contribution in [-0.4, -0.2) is 43.6 Å². The highest BCUT2D eigenvalue weighted by Gasteiger charge is 2.23. The van der Waals surface area contributed by atoms with E-state index in [0.29, 0.717) is 0 Å². The molecule has 2 rings (SSSR count). The number of hydrogen-bond donors (Lipinski definition) is 1. The fourth-order valence-corrected chi connectivity index (χ4v) is 3.08. The van der Waals surface area contributed by atoms with Gasteiger partial charge in [0.2, 0.25) is 5.91 Å². The van der Waals surface area contributed by atoms with Crippen molar-refractivity contribution in [2.75, 3.05) is 26.7 Å². The van der Waals surface area contributed by atoms with Crippen molar-refractivity contribution >= 4 is 5.91 Å². The van der Waals surface area contributed by atoms with Crippen molar-refractivity contribution in [2.45, 2.75) is 45.6 Å². The summed E-state index contributed by atoms with van der Waals surface area (Å²) in [5.74, 6) is 1.30. The van der Waals surface area contributed by atoms with Crippen molar-refractivity contribution in [3.05, 3.63) is 29.8 Å². The molecule has 1 aliphatic heterocycles. The molecule has 1 unspecified atom stereocenters. The first-order valence-corrected chi connectivity index (χ1v) is 8.76. The average Bonchev–Trinajstić information content (AvgIpc) is 2.51. The van der Waals surface area contributed by atoms with Gasteiger partial charge in [0.05, 0.1) is 12.0 Å². The smallest absolute Gasteiger partial charge is 0.224 e. The van der Waals surface area contributed by atoms with Crippen molar-refractivity contribution in [1.82, 2.24) is 10.2 Å². The molecule has 1 aliphatic rings. The lowest BCUT2D eigenvalue weighted by Crippen LogP contribution is -2.41. The van der Waals surface area contributed by atoms with Crippen molar-refractivity contribution in [1.29, 1.82) is 0 Å². The third kappa shape index (κ3) is 6.22. The van der Waals surface area contributed by atoms with Crippen LogP contribution in [0.1, 0.15) is 38.7 Å². The Bertz CT molecular complexity index is 502. The topological polar surface area (TPSA) is 41.6 Å². The maximum Gasteiger partial charge on any atom is 0.224 e. The standard InChI is InChI=1S/C19H30N2O2/c1-15(2)23-18-10-4-7-16(13-18)8-5-11-20-19(22)17-9-6-12-21(3)14-17/h4,7,10,13,15,17H,5-6,8-9,11-12,14H2,1-3H3,(H,20,22). The Hall–Kier alpha value is -1.55. The molecular formula is C19H30N2O2. The van der Waals surface area contributed by atoms with Gasteiger partial charge in [-0.05, 0) is 70.8 Å². The molecule has 1 amide bonds. The SMILES string of the molecule is CC(C)Oc1cccc(CCCNC(=O)C2CCCN(C)C2)c1. The quantitative estimate of drug-likeness (QED) is 0.786. The Kier molecular flexibility index (Phi) is 6.90. The molecule has 1 saturated heterocycles. The van der Waals surface area contributed by atoms with E-state index in [1.807, 2.05) is 26.0 Å². The van der Waals surface area contributed by atoms with E-state index in [2.05, 4.69) is 29.4 Å². The summed E-state index contributed by atoms with van der Waals surface area (Å²) in [6.07, 6.45) is 4.25. The van der Waals surface area contributed by atoms with Gasteiger partial charge in [-0.3, -0.25) is 4.79 Å². The molecule has 4 nitrogen and oxygen atoms in total. The Morgan fingerprint density at radius 2 is 2.26 bits per heavy atom. The summed E-state index contributed by atoms with van der Waals surface area (Å²) in [4.78, 5) is 14.4. The van der Waals surface area contributed by atoms with Crippen LogP contribution < -0.4 is 10.1 Å². The van der Waals surface area contributed by atoms with E-state index in [1.165, 1.54) is 5.56 Å². The van der Waals surface area contributed by atoms with Gasteiger partial charge in [0, 0.05) is 13.1 Å². The van der Waals surface area contributed by atoms with Crippen molar-refractivity contribution in [2.24, 2.45) is 5.92 Å². The normalized spacial score (nSPS) is 18.9. The van der Waals surface area contributed by atoms with Crippen LogP contribution in [0.5, 0.6) is 5.75 Å². The zero-order chi connectivity index (χ0) is 16.7. The largest absolute Gasteiger partial charge is 0.491 e. The minimum Gasteiger partial charge on any atom is -0.491 e. The highest BCUT2D eigenvalue weighted by Crippen LogP contribution is 2.17. The van der Waals surface area contributed by atoms with Gasteiger partial charge in [-0.25, -0.2) is 0 Å². The zero-order valence-electron chi connectivity index (χ0n) is 14.7. The lowest BCUT2D eigenvalue weighted by molar-refractivity contribution is -0.126. The molecule has 4 heteroatoms. The third-order valence-corrected chi connectivity index (χ3v) is 4.21. The molecule has 1 N–H and O–H groups in total. The molecule has 128 valence electrons. The zero-order valence-corrected chi connectivity index (χ0v) is 14.7. The Balaban J connectivity index is 1.69. The van der Waals surface area contributed by atoms with Crippen molar-refractivity contribution in [3.8, 4) is 5.75 Å². The summed E-state index contributed by atoms with van der Waals surface area (Å²) in [6.45, 7) is 6.81. The van der Waals surface area contributed by atoms with E-state index in [9.17, 15) is 4.79 Å². The van der Waals surface area contributed by atoms with E-state index >= 15 is 0 Å². The molecule has 1 aromatic rings. The molecule has 1 heterocycles. The fourth-order valence-electron chi connectivity index (χ4n) is 3.08. The number of hydrogen-bond acceptors (Lipinski definition) is 3. The number of amides is 1. The van der Waals surface area contributed by atoms with E-state index in [0.717, 1.165) is 51.1 Å². The van der Waals surface area contributed by atoms with Gasteiger partial charge >= 0.3 is 0 Å². The van der Waals surface area contributed by atoms with Crippen molar-refractivity contribution in [3.63, 3.8) is 0 Å². The van der Waals surface area contributed by atoms with Crippen LogP contribution in [0.15, 0.2) is 24.3 Å². The van der Waals surface area contributed by atoms with Gasteiger partial charge in [-0.15, -0.1) is 0 Å². The fraction of sp³-hybridized carbons (Fsp3) is 0.632. The number of benzene rings is 1. The molecular weight excluding hydrogens is 288 g/mol. The molecule has 1 aromatic carbocycles. The van der Waals surface area contributed by atoms with Crippen LogP contribution in [0.2, 0.25) is 0 Å². The van der Waals surface area contributed by atoms with Gasteiger partial charge < -0.3 is 15.0 Å². The van der Waals surface area contributed by atoms with Gasteiger partial charge in [0.15, 0.2) is 0 Å². The van der Waals surface area contributed by atoms with Crippen LogP contribution in [0.4, 0.5) is 0 Å². The number of carbonyl (C=O) groups excluding carboxylic acids is 1. The van der Waals surface area contributed by atoms with E-state index in [4.69, 9.17) is 4.74 Å². The number of ether oxygens (including phenoxy) is 1. The van der Waals surface area contributed by atoms with Crippen LogP contribution >= 0.6 is 0 Å². The van der Waals surface area contributed by atoms with Crippen LogP contribution in [0, 0.1) is 5.92 Å². The first-order chi connectivity index (χ1) is 11.0. The number of carbonyl (C=O) groups is 1. The highest BCUT2D eigenvalue weighted by molar-refractivity contribution is 5.78. The molecule has 0 bridgehead atoms.